The molecule has 0 saturated heterocycles. The molecule has 122 valence electrons. The van der Waals surface area contributed by atoms with Crippen LogP contribution < -0.4 is 5.32 Å². The van der Waals surface area contributed by atoms with Gasteiger partial charge in [-0.05, 0) is 35.0 Å². The van der Waals surface area contributed by atoms with Gasteiger partial charge in [0, 0.05) is 5.69 Å². The van der Waals surface area contributed by atoms with E-state index in [1.807, 2.05) is 24.3 Å². The summed E-state index contributed by atoms with van der Waals surface area (Å²) in [6, 6.07) is 15.5. The minimum absolute atomic E-state index is 0.382. The Labute approximate surface area is 135 Å². The molecule has 0 heterocycles. The third-order valence-electron chi connectivity index (χ3n) is 3.62. The Morgan fingerprint density at radius 1 is 0.917 bits per heavy atom. The SMILES string of the molecule is O=C(O)c1cccc(C(F)(F)F)c1Nc1ccc2ccccc2c1. The zero-order valence-corrected chi connectivity index (χ0v) is 12.3. The quantitative estimate of drug-likeness (QED) is 0.684. The molecule has 0 aliphatic carbocycles. The third-order valence-corrected chi connectivity index (χ3v) is 3.62. The van der Waals surface area contributed by atoms with Crippen molar-refractivity contribution in [2.24, 2.45) is 0 Å². The number of fused-ring (bicyclic) bond motifs is 1. The number of hydrogen-bond donors (Lipinski definition) is 2. The molecule has 0 aliphatic heterocycles. The van der Waals surface area contributed by atoms with E-state index >= 15 is 0 Å². The van der Waals surface area contributed by atoms with Crippen molar-refractivity contribution < 1.29 is 23.1 Å². The molecule has 0 aliphatic rings. The lowest BCUT2D eigenvalue weighted by Gasteiger charge is -2.17. The number of hydrogen-bond acceptors (Lipinski definition) is 2. The first kappa shape index (κ1) is 15.9. The minimum Gasteiger partial charge on any atom is -0.478 e. The van der Waals surface area contributed by atoms with Crippen LogP contribution >= 0.6 is 0 Å². The van der Waals surface area contributed by atoms with Gasteiger partial charge in [-0.3, -0.25) is 0 Å². The van der Waals surface area contributed by atoms with E-state index < -0.39 is 29.0 Å². The van der Waals surface area contributed by atoms with Crippen molar-refractivity contribution >= 4 is 28.1 Å². The first-order chi connectivity index (χ1) is 11.4. The lowest BCUT2D eigenvalue weighted by molar-refractivity contribution is -0.136. The topological polar surface area (TPSA) is 49.3 Å². The van der Waals surface area contributed by atoms with E-state index in [9.17, 15) is 23.1 Å². The number of halogens is 3. The molecular formula is C18H12F3NO2. The second kappa shape index (κ2) is 5.88. The van der Waals surface area contributed by atoms with Gasteiger partial charge in [0.25, 0.3) is 0 Å². The minimum atomic E-state index is -4.66. The Kier molecular flexibility index (Phi) is 3.89. The Hall–Kier alpha value is -3.02. The third kappa shape index (κ3) is 3.03. The first-order valence-electron chi connectivity index (χ1n) is 7.05. The number of carboxylic acids is 1. The van der Waals surface area contributed by atoms with Crippen molar-refractivity contribution in [1.82, 2.24) is 0 Å². The van der Waals surface area contributed by atoms with E-state index in [1.165, 1.54) is 0 Å². The lowest BCUT2D eigenvalue weighted by atomic mass is 10.1. The number of nitrogens with one attached hydrogen (secondary N) is 1. The number of anilines is 2. The zero-order valence-electron chi connectivity index (χ0n) is 12.3. The van der Waals surface area contributed by atoms with Gasteiger partial charge in [-0.15, -0.1) is 0 Å². The Morgan fingerprint density at radius 3 is 2.29 bits per heavy atom. The molecule has 0 atom stereocenters. The monoisotopic (exact) mass is 331 g/mol. The van der Waals surface area contributed by atoms with Crippen LogP contribution in [0.4, 0.5) is 24.5 Å². The van der Waals surface area contributed by atoms with Gasteiger partial charge in [0.1, 0.15) is 0 Å². The van der Waals surface area contributed by atoms with Crippen molar-refractivity contribution in [1.29, 1.82) is 0 Å². The van der Waals surface area contributed by atoms with E-state index in [0.29, 0.717) is 5.69 Å². The number of rotatable bonds is 3. The van der Waals surface area contributed by atoms with Crippen LogP contribution in [0.5, 0.6) is 0 Å². The molecule has 0 bridgehead atoms. The van der Waals surface area contributed by atoms with Crippen LogP contribution in [0.3, 0.4) is 0 Å². The van der Waals surface area contributed by atoms with Crippen LogP contribution in [0.2, 0.25) is 0 Å². The normalized spacial score (nSPS) is 11.5. The summed E-state index contributed by atoms with van der Waals surface area (Å²) < 4.78 is 39.6. The Bertz CT molecular complexity index is 920. The smallest absolute Gasteiger partial charge is 0.418 e. The molecule has 6 heteroatoms. The van der Waals surface area contributed by atoms with Gasteiger partial charge in [0.2, 0.25) is 0 Å². The van der Waals surface area contributed by atoms with Crippen LogP contribution in [0.1, 0.15) is 15.9 Å². The number of carboxylic acid groups (broad SMARTS) is 1. The molecule has 3 aromatic rings. The van der Waals surface area contributed by atoms with Crippen molar-refractivity contribution in [3.05, 3.63) is 71.8 Å². The van der Waals surface area contributed by atoms with E-state index in [4.69, 9.17) is 0 Å². The van der Waals surface area contributed by atoms with E-state index in [1.54, 1.807) is 18.2 Å². The average Bonchev–Trinajstić information content (AvgIpc) is 2.53. The van der Waals surface area contributed by atoms with Gasteiger partial charge in [-0.1, -0.05) is 36.4 Å². The summed E-state index contributed by atoms with van der Waals surface area (Å²) in [5.41, 5.74) is -1.53. The van der Waals surface area contributed by atoms with Crippen molar-refractivity contribution in [3.8, 4) is 0 Å². The summed E-state index contributed by atoms with van der Waals surface area (Å²) in [6.07, 6.45) is -4.66. The fraction of sp³-hybridized carbons (Fsp3) is 0.0556. The highest BCUT2D eigenvalue weighted by Crippen LogP contribution is 2.38. The Balaban J connectivity index is 2.11. The fourth-order valence-corrected chi connectivity index (χ4v) is 2.51. The number of alkyl halides is 3. The summed E-state index contributed by atoms with van der Waals surface area (Å²) >= 11 is 0. The van der Waals surface area contributed by atoms with Gasteiger partial charge in [0.05, 0.1) is 16.8 Å². The van der Waals surface area contributed by atoms with Crippen LogP contribution in [0.25, 0.3) is 10.8 Å². The van der Waals surface area contributed by atoms with Gasteiger partial charge in [-0.2, -0.15) is 13.2 Å². The predicted octanol–water partition coefficient (Wildman–Crippen LogP) is 5.30. The second-order valence-corrected chi connectivity index (χ2v) is 5.22. The lowest BCUT2D eigenvalue weighted by Crippen LogP contribution is -2.13. The van der Waals surface area contributed by atoms with Crippen LogP contribution in [-0.4, -0.2) is 11.1 Å². The maximum atomic E-state index is 13.2. The molecule has 0 radical (unpaired) electrons. The van der Waals surface area contributed by atoms with Gasteiger partial charge in [-0.25, -0.2) is 4.79 Å². The average molecular weight is 331 g/mol. The highest BCUT2D eigenvalue weighted by molar-refractivity contribution is 5.97. The molecule has 0 saturated carbocycles. The number of para-hydroxylation sites is 1. The number of benzene rings is 3. The van der Waals surface area contributed by atoms with Gasteiger partial charge < -0.3 is 10.4 Å². The summed E-state index contributed by atoms with van der Waals surface area (Å²) in [4.78, 5) is 11.3. The van der Waals surface area contributed by atoms with Crippen LogP contribution in [0, 0.1) is 0 Å². The maximum Gasteiger partial charge on any atom is 0.418 e. The first-order valence-corrected chi connectivity index (χ1v) is 7.05. The molecule has 24 heavy (non-hydrogen) atoms. The molecule has 3 rings (SSSR count). The van der Waals surface area contributed by atoms with E-state index in [2.05, 4.69) is 5.32 Å². The largest absolute Gasteiger partial charge is 0.478 e. The van der Waals surface area contributed by atoms with Crippen molar-refractivity contribution in [2.75, 3.05) is 5.32 Å². The number of carbonyl (C=O) groups is 1. The van der Waals surface area contributed by atoms with Crippen LogP contribution in [0.15, 0.2) is 60.7 Å². The summed E-state index contributed by atoms with van der Waals surface area (Å²) in [7, 11) is 0. The molecule has 2 N–H and O–H groups in total. The molecular weight excluding hydrogens is 319 g/mol. The Morgan fingerprint density at radius 2 is 1.62 bits per heavy atom. The maximum absolute atomic E-state index is 13.2. The van der Waals surface area contributed by atoms with Gasteiger partial charge >= 0.3 is 12.1 Å². The van der Waals surface area contributed by atoms with Crippen molar-refractivity contribution in [3.63, 3.8) is 0 Å². The fourth-order valence-electron chi connectivity index (χ4n) is 2.51. The molecule has 0 aromatic heterocycles. The summed E-state index contributed by atoms with van der Waals surface area (Å²) in [5, 5.41) is 13.6. The van der Waals surface area contributed by atoms with Gasteiger partial charge in [0.15, 0.2) is 0 Å². The highest BCUT2D eigenvalue weighted by atomic mass is 19.4. The molecule has 0 amide bonds. The molecule has 3 nitrogen and oxygen atoms in total. The summed E-state index contributed by atoms with van der Waals surface area (Å²) in [5.74, 6) is -1.43. The van der Waals surface area contributed by atoms with Crippen LogP contribution in [-0.2, 0) is 6.18 Å². The standard InChI is InChI=1S/C18H12F3NO2/c19-18(20,21)15-7-3-6-14(17(23)24)16(15)22-13-9-8-11-4-1-2-5-12(11)10-13/h1-10,22H,(H,23,24). The second-order valence-electron chi connectivity index (χ2n) is 5.22. The van der Waals surface area contributed by atoms with E-state index in [-0.39, 0.29) is 0 Å². The zero-order chi connectivity index (χ0) is 17.3. The predicted molar refractivity (Wildman–Crippen MR) is 85.6 cm³/mol. The van der Waals surface area contributed by atoms with Crippen molar-refractivity contribution in [2.45, 2.75) is 6.18 Å². The molecule has 0 unspecified atom stereocenters. The molecule has 0 fully saturated rings. The number of aromatic carboxylic acids is 1. The highest BCUT2D eigenvalue weighted by Gasteiger charge is 2.35. The summed E-state index contributed by atoms with van der Waals surface area (Å²) in [6.45, 7) is 0. The molecule has 3 aromatic carbocycles. The van der Waals surface area contributed by atoms with E-state index in [0.717, 1.165) is 29.0 Å². The molecule has 0 spiro atoms.